The van der Waals surface area contributed by atoms with Crippen LogP contribution < -0.4 is 5.32 Å². The molecule has 5 heteroatoms. The van der Waals surface area contributed by atoms with E-state index in [-0.39, 0.29) is 11.8 Å². The number of carboxylic acid groups (broad SMARTS) is 1. The van der Waals surface area contributed by atoms with Crippen LogP contribution in [0.1, 0.15) is 33.1 Å². The molecule has 0 saturated carbocycles. The zero-order valence-corrected chi connectivity index (χ0v) is 10.8. The number of amides is 1. The molecule has 1 aliphatic rings. The van der Waals surface area contributed by atoms with Crippen LogP contribution in [-0.4, -0.2) is 47.6 Å². The molecule has 17 heavy (non-hydrogen) atoms. The number of carbonyl (C=O) groups excluding carboxylic acids is 1. The molecule has 1 fully saturated rings. The van der Waals surface area contributed by atoms with Crippen LogP contribution in [0.15, 0.2) is 0 Å². The van der Waals surface area contributed by atoms with Crippen molar-refractivity contribution in [2.45, 2.75) is 38.6 Å². The normalized spacial score (nSPS) is 25.9. The zero-order valence-electron chi connectivity index (χ0n) is 10.8. The average Bonchev–Trinajstić information content (AvgIpc) is 2.73. The van der Waals surface area contributed by atoms with Gasteiger partial charge in [0.2, 0.25) is 5.91 Å². The summed E-state index contributed by atoms with van der Waals surface area (Å²) in [5.41, 5.74) is -0.973. The number of nitrogens with one attached hydrogen (secondary N) is 1. The highest BCUT2D eigenvalue weighted by Gasteiger charge is 2.49. The van der Waals surface area contributed by atoms with Gasteiger partial charge >= 0.3 is 5.97 Å². The molecule has 1 amide bonds. The second-order valence-electron chi connectivity index (χ2n) is 4.74. The quantitative estimate of drug-likeness (QED) is 0.744. The van der Waals surface area contributed by atoms with E-state index < -0.39 is 11.5 Å². The number of rotatable bonds is 5. The summed E-state index contributed by atoms with van der Waals surface area (Å²) >= 11 is 0. The molecular weight excluding hydrogens is 220 g/mol. The molecule has 0 spiro atoms. The fraction of sp³-hybridized carbons (Fsp3) is 0.833. The molecule has 2 atom stereocenters. The first-order valence-corrected chi connectivity index (χ1v) is 6.19. The second-order valence-corrected chi connectivity index (χ2v) is 4.74. The molecule has 1 saturated heterocycles. The molecule has 1 aliphatic heterocycles. The molecule has 0 aromatic heterocycles. The maximum Gasteiger partial charge on any atom is 0.329 e. The van der Waals surface area contributed by atoms with E-state index in [2.05, 4.69) is 5.32 Å². The molecular formula is C12H22N2O3. The molecule has 1 rings (SSSR count). The van der Waals surface area contributed by atoms with Crippen molar-refractivity contribution in [1.82, 2.24) is 10.2 Å². The number of hydrogen-bond donors (Lipinski definition) is 2. The third-order valence-electron chi connectivity index (χ3n) is 3.67. The molecule has 0 aromatic rings. The van der Waals surface area contributed by atoms with Crippen LogP contribution in [-0.2, 0) is 9.59 Å². The van der Waals surface area contributed by atoms with Crippen molar-refractivity contribution < 1.29 is 14.7 Å². The lowest BCUT2D eigenvalue weighted by molar-refractivity contribution is -0.158. The first-order chi connectivity index (χ1) is 7.99. The summed E-state index contributed by atoms with van der Waals surface area (Å²) in [6.45, 7) is 4.81. The third kappa shape index (κ3) is 2.44. The van der Waals surface area contributed by atoms with Gasteiger partial charge in [-0.1, -0.05) is 13.8 Å². The SMILES string of the molecule is CCC1(C(=O)O)CCCN1C(=O)C(C)CNC. The summed E-state index contributed by atoms with van der Waals surface area (Å²) < 4.78 is 0. The van der Waals surface area contributed by atoms with Crippen molar-refractivity contribution in [3.63, 3.8) is 0 Å². The Hall–Kier alpha value is -1.10. The minimum absolute atomic E-state index is 0.0545. The Morgan fingerprint density at radius 1 is 1.53 bits per heavy atom. The van der Waals surface area contributed by atoms with E-state index in [1.54, 1.807) is 11.9 Å². The number of nitrogens with zero attached hydrogens (tertiary/aromatic N) is 1. The Morgan fingerprint density at radius 2 is 2.18 bits per heavy atom. The van der Waals surface area contributed by atoms with Crippen molar-refractivity contribution in [2.24, 2.45) is 5.92 Å². The Balaban J connectivity index is 2.88. The predicted octanol–water partition coefficient (Wildman–Crippen LogP) is 0.698. The highest BCUT2D eigenvalue weighted by Crippen LogP contribution is 2.33. The van der Waals surface area contributed by atoms with Crippen molar-refractivity contribution in [2.75, 3.05) is 20.1 Å². The van der Waals surface area contributed by atoms with Gasteiger partial charge in [-0.25, -0.2) is 4.79 Å². The molecule has 2 unspecified atom stereocenters. The Bertz CT molecular complexity index is 306. The molecule has 0 radical (unpaired) electrons. The Morgan fingerprint density at radius 3 is 2.65 bits per heavy atom. The van der Waals surface area contributed by atoms with E-state index in [4.69, 9.17) is 0 Å². The lowest BCUT2D eigenvalue weighted by Gasteiger charge is -2.35. The number of aliphatic carboxylic acids is 1. The average molecular weight is 242 g/mol. The number of hydrogen-bond acceptors (Lipinski definition) is 3. The first kappa shape index (κ1) is 14.0. The summed E-state index contributed by atoms with van der Waals surface area (Å²) in [7, 11) is 1.79. The van der Waals surface area contributed by atoms with Gasteiger partial charge in [0.25, 0.3) is 0 Å². The summed E-state index contributed by atoms with van der Waals surface area (Å²) in [4.78, 5) is 25.2. The highest BCUT2D eigenvalue weighted by molar-refractivity contribution is 5.88. The Kier molecular flexibility index (Phi) is 4.51. The molecule has 2 N–H and O–H groups in total. The summed E-state index contributed by atoms with van der Waals surface area (Å²) in [6.07, 6.45) is 1.81. The summed E-state index contributed by atoms with van der Waals surface area (Å²) in [5.74, 6) is -1.10. The van der Waals surface area contributed by atoms with Crippen LogP contribution in [0.3, 0.4) is 0 Å². The largest absolute Gasteiger partial charge is 0.479 e. The van der Waals surface area contributed by atoms with Gasteiger partial charge in [-0.3, -0.25) is 4.79 Å². The smallest absolute Gasteiger partial charge is 0.329 e. The zero-order chi connectivity index (χ0) is 13.1. The molecule has 5 nitrogen and oxygen atoms in total. The van der Waals surface area contributed by atoms with E-state index in [1.807, 2.05) is 13.8 Å². The van der Waals surface area contributed by atoms with Crippen molar-refractivity contribution in [1.29, 1.82) is 0 Å². The van der Waals surface area contributed by atoms with Crippen LogP contribution in [0.4, 0.5) is 0 Å². The molecule has 0 aromatic carbocycles. The maximum absolute atomic E-state index is 12.2. The lowest BCUT2D eigenvalue weighted by atomic mass is 9.92. The summed E-state index contributed by atoms with van der Waals surface area (Å²) in [5, 5.41) is 12.3. The molecule has 0 aliphatic carbocycles. The number of likely N-dealkylation sites (tertiary alicyclic amines) is 1. The minimum atomic E-state index is -0.973. The van der Waals surface area contributed by atoms with Gasteiger partial charge in [0.1, 0.15) is 5.54 Å². The fourth-order valence-corrected chi connectivity index (χ4v) is 2.60. The number of carboxylic acids is 1. The van der Waals surface area contributed by atoms with Gasteiger partial charge in [-0.2, -0.15) is 0 Å². The van der Waals surface area contributed by atoms with Crippen LogP contribution in [0.2, 0.25) is 0 Å². The minimum Gasteiger partial charge on any atom is -0.479 e. The van der Waals surface area contributed by atoms with Gasteiger partial charge in [0.15, 0.2) is 0 Å². The molecule has 1 heterocycles. The fourth-order valence-electron chi connectivity index (χ4n) is 2.60. The van der Waals surface area contributed by atoms with Gasteiger partial charge in [-0.05, 0) is 26.3 Å². The van der Waals surface area contributed by atoms with E-state index in [9.17, 15) is 14.7 Å². The lowest BCUT2D eigenvalue weighted by Crippen LogP contribution is -2.54. The van der Waals surface area contributed by atoms with E-state index in [0.717, 1.165) is 6.42 Å². The third-order valence-corrected chi connectivity index (χ3v) is 3.67. The topological polar surface area (TPSA) is 69.6 Å². The number of carbonyl (C=O) groups is 2. The Labute approximate surface area is 102 Å². The van der Waals surface area contributed by atoms with Gasteiger partial charge in [0, 0.05) is 19.0 Å². The van der Waals surface area contributed by atoms with Crippen LogP contribution in [0, 0.1) is 5.92 Å². The van der Waals surface area contributed by atoms with Gasteiger partial charge in [0.05, 0.1) is 0 Å². The van der Waals surface area contributed by atoms with Gasteiger partial charge in [-0.15, -0.1) is 0 Å². The standard InChI is InChI=1S/C12H22N2O3/c1-4-12(11(16)17)6-5-7-14(12)10(15)9(2)8-13-3/h9,13H,4-8H2,1-3H3,(H,16,17). The van der Waals surface area contributed by atoms with E-state index in [1.165, 1.54) is 0 Å². The van der Waals surface area contributed by atoms with Crippen LogP contribution >= 0.6 is 0 Å². The monoisotopic (exact) mass is 242 g/mol. The highest BCUT2D eigenvalue weighted by atomic mass is 16.4. The molecule has 0 bridgehead atoms. The van der Waals surface area contributed by atoms with E-state index >= 15 is 0 Å². The van der Waals surface area contributed by atoms with Gasteiger partial charge < -0.3 is 15.3 Å². The van der Waals surface area contributed by atoms with Crippen molar-refractivity contribution >= 4 is 11.9 Å². The van der Waals surface area contributed by atoms with E-state index in [0.29, 0.717) is 25.9 Å². The second kappa shape index (κ2) is 5.49. The van der Waals surface area contributed by atoms with Crippen molar-refractivity contribution in [3.05, 3.63) is 0 Å². The van der Waals surface area contributed by atoms with Crippen LogP contribution in [0.5, 0.6) is 0 Å². The molecule has 98 valence electrons. The maximum atomic E-state index is 12.2. The van der Waals surface area contributed by atoms with Crippen LogP contribution in [0.25, 0.3) is 0 Å². The predicted molar refractivity (Wildman–Crippen MR) is 64.7 cm³/mol. The van der Waals surface area contributed by atoms with Crippen molar-refractivity contribution in [3.8, 4) is 0 Å². The summed E-state index contributed by atoms with van der Waals surface area (Å²) in [6, 6.07) is 0. The first-order valence-electron chi connectivity index (χ1n) is 6.19.